The smallest absolute Gasteiger partial charge is 0.335 e. The third kappa shape index (κ3) is 4.17. The number of ether oxygens (including phenoxy) is 1. The highest BCUT2D eigenvalue weighted by Crippen LogP contribution is 2.08. The molecule has 2 aromatic carbocycles. The van der Waals surface area contributed by atoms with E-state index in [9.17, 15) is 14.3 Å². The standard InChI is InChI=1S/C16H15FO3/c17-14-8-6-12(7-9-14)10-15(18)16(19)20-11-13-4-2-1-3-5-13/h1-9,15,18H,10-11H2. The number of halogens is 1. The summed E-state index contributed by atoms with van der Waals surface area (Å²) in [6, 6.07) is 14.9. The second kappa shape index (κ2) is 6.82. The zero-order valence-corrected chi connectivity index (χ0v) is 10.8. The highest BCUT2D eigenvalue weighted by atomic mass is 19.1. The van der Waals surface area contributed by atoms with E-state index in [0.29, 0.717) is 5.56 Å². The fourth-order valence-electron chi connectivity index (χ4n) is 1.75. The zero-order valence-electron chi connectivity index (χ0n) is 10.8. The van der Waals surface area contributed by atoms with Gasteiger partial charge in [0.1, 0.15) is 12.4 Å². The van der Waals surface area contributed by atoms with Crippen molar-refractivity contribution in [2.75, 3.05) is 0 Å². The van der Waals surface area contributed by atoms with Crippen LogP contribution in [0.3, 0.4) is 0 Å². The minimum absolute atomic E-state index is 0.105. The minimum atomic E-state index is -1.25. The Morgan fingerprint density at radius 2 is 1.70 bits per heavy atom. The van der Waals surface area contributed by atoms with Crippen molar-refractivity contribution in [3.8, 4) is 0 Å². The van der Waals surface area contributed by atoms with Crippen molar-refractivity contribution in [2.24, 2.45) is 0 Å². The molecule has 1 atom stereocenters. The van der Waals surface area contributed by atoms with Crippen molar-refractivity contribution < 1.29 is 19.0 Å². The van der Waals surface area contributed by atoms with Gasteiger partial charge in [-0.1, -0.05) is 42.5 Å². The van der Waals surface area contributed by atoms with Crippen LogP contribution in [0.5, 0.6) is 0 Å². The number of carbonyl (C=O) groups is 1. The third-order valence-electron chi connectivity index (χ3n) is 2.84. The fraction of sp³-hybridized carbons (Fsp3) is 0.188. The van der Waals surface area contributed by atoms with E-state index < -0.39 is 12.1 Å². The summed E-state index contributed by atoms with van der Waals surface area (Å²) < 4.78 is 17.8. The van der Waals surface area contributed by atoms with Gasteiger partial charge in [0.05, 0.1) is 0 Å². The SMILES string of the molecule is O=C(OCc1ccccc1)C(O)Cc1ccc(F)cc1. The van der Waals surface area contributed by atoms with Crippen molar-refractivity contribution in [2.45, 2.75) is 19.1 Å². The van der Waals surface area contributed by atoms with Crippen LogP contribution in [0, 0.1) is 5.82 Å². The summed E-state index contributed by atoms with van der Waals surface area (Å²) in [7, 11) is 0. The number of hydrogen-bond acceptors (Lipinski definition) is 3. The normalized spacial score (nSPS) is 11.9. The first-order valence-corrected chi connectivity index (χ1v) is 6.28. The average Bonchev–Trinajstić information content (AvgIpc) is 2.48. The summed E-state index contributed by atoms with van der Waals surface area (Å²) >= 11 is 0. The quantitative estimate of drug-likeness (QED) is 0.852. The Labute approximate surface area is 116 Å². The molecular weight excluding hydrogens is 259 g/mol. The van der Waals surface area contributed by atoms with Gasteiger partial charge in [-0.3, -0.25) is 0 Å². The number of esters is 1. The maximum Gasteiger partial charge on any atom is 0.335 e. The van der Waals surface area contributed by atoms with Crippen molar-refractivity contribution in [1.82, 2.24) is 0 Å². The Morgan fingerprint density at radius 1 is 1.05 bits per heavy atom. The number of aliphatic hydroxyl groups excluding tert-OH is 1. The molecule has 3 nitrogen and oxygen atoms in total. The Hall–Kier alpha value is -2.20. The summed E-state index contributed by atoms with van der Waals surface area (Å²) in [5.74, 6) is -1.03. The molecule has 0 radical (unpaired) electrons. The molecule has 2 aromatic rings. The van der Waals surface area contributed by atoms with Crippen molar-refractivity contribution in [3.63, 3.8) is 0 Å². The first-order chi connectivity index (χ1) is 9.65. The average molecular weight is 274 g/mol. The Kier molecular flexibility index (Phi) is 4.85. The predicted octanol–water partition coefficient (Wildman–Crippen LogP) is 2.47. The number of rotatable bonds is 5. The second-order valence-corrected chi connectivity index (χ2v) is 4.44. The van der Waals surface area contributed by atoms with Crippen LogP contribution >= 0.6 is 0 Å². The molecule has 0 aliphatic heterocycles. The van der Waals surface area contributed by atoms with Crippen LogP contribution in [-0.4, -0.2) is 17.2 Å². The molecule has 0 spiro atoms. The van der Waals surface area contributed by atoms with Gasteiger partial charge in [-0.15, -0.1) is 0 Å². The van der Waals surface area contributed by atoms with Gasteiger partial charge in [0, 0.05) is 6.42 Å². The summed E-state index contributed by atoms with van der Waals surface area (Å²) in [6.45, 7) is 0.125. The van der Waals surface area contributed by atoms with Gasteiger partial charge >= 0.3 is 5.97 Å². The third-order valence-corrected chi connectivity index (χ3v) is 2.84. The lowest BCUT2D eigenvalue weighted by Crippen LogP contribution is -2.25. The largest absolute Gasteiger partial charge is 0.459 e. The van der Waals surface area contributed by atoms with Crippen LogP contribution in [0.2, 0.25) is 0 Å². The highest BCUT2D eigenvalue weighted by molar-refractivity contribution is 5.74. The molecule has 0 saturated carbocycles. The first kappa shape index (κ1) is 14.2. The number of carbonyl (C=O) groups excluding carboxylic acids is 1. The molecule has 1 N–H and O–H groups in total. The van der Waals surface area contributed by atoms with E-state index in [-0.39, 0.29) is 18.8 Å². The maximum absolute atomic E-state index is 12.7. The summed E-state index contributed by atoms with van der Waals surface area (Å²) in [4.78, 5) is 11.6. The fourth-order valence-corrected chi connectivity index (χ4v) is 1.75. The Balaban J connectivity index is 1.84. The molecule has 20 heavy (non-hydrogen) atoms. The van der Waals surface area contributed by atoms with Gasteiger partial charge in [-0.2, -0.15) is 0 Å². The van der Waals surface area contributed by atoms with Gasteiger partial charge in [0.15, 0.2) is 6.10 Å². The van der Waals surface area contributed by atoms with Crippen LogP contribution in [0.1, 0.15) is 11.1 Å². The van der Waals surface area contributed by atoms with Crippen molar-refractivity contribution in [3.05, 3.63) is 71.5 Å². The molecule has 0 saturated heterocycles. The molecule has 0 amide bonds. The lowest BCUT2D eigenvalue weighted by atomic mass is 10.1. The summed E-state index contributed by atoms with van der Waals surface area (Å²) in [5, 5.41) is 9.75. The Morgan fingerprint density at radius 3 is 2.35 bits per heavy atom. The molecular formula is C16H15FO3. The van der Waals surface area contributed by atoms with Gasteiger partial charge < -0.3 is 9.84 Å². The number of aliphatic hydroxyl groups is 1. The molecule has 0 bridgehead atoms. The van der Waals surface area contributed by atoms with E-state index in [1.807, 2.05) is 30.3 Å². The van der Waals surface area contributed by atoms with Crippen LogP contribution in [-0.2, 0) is 22.6 Å². The Bertz CT molecular complexity index is 552. The zero-order chi connectivity index (χ0) is 14.4. The van der Waals surface area contributed by atoms with Crippen LogP contribution in [0.4, 0.5) is 4.39 Å². The van der Waals surface area contributed by atoms with E-state index in [4.69, 9.17) is 4.74 Å². The summed E-state index contributed by atoms with van der Waals surface area (Å²) in [5.41, 5.74) is 1.53. The molecule has 0 aromatic heterocycles. The van der Waals surface area contributed by atoms with Crippen LogP contribution in [0.25, 0.3) is 0 Å². The molecule has 104 valence electrons. The number of benzene rings is 2. The van der Waals surface area contributed by atoms with Crippen LogP contribution in [0.15, 0.2) is 54.6 Å². The molecule has 0 fully saturated rings. The van der Waals surface area contributed by atoms with E-state index in [1.165, 1.54) is 24.3 Å². The van der Waals surface area contributed by atoms with Gasteiger partial charge in [-0.05, 0) is 23.3 Å². The molecule has 1 unspecified atom stereocenters. The van der Waals surface area contributed by atoms with Crippen molar-refractivity contribution >= 4 is 5.97 Å². The van der Waals surface area contributed by atoms with E-state index in [2.05, 4.69) is 0 Å². The van der Waals surface area contributed by atoms with Gasteiger partial charge in [-0.25, -0.2) is 9.18 Å². The minimum Gasteiger partial charge on any atom is -0.459 e. The van der Waals surface area contributed by atoms with E-state index >= 15 is 0 Å². The van der Waals surface area contributed by atoms with E-state index in [1.54, 1.807) is 0 Å². The number of hydrogen-bond donors (Lipinski definition) is 1. The molecule has 2 rings (SSSR count). The second-order valence-electron chi connectivity index (χ2n) is 4.44. The van der Waals surface area contributed by atoms with Crippen molar-refractivity contribution in [1.29, 1.82) is 0 Å². The molecule has 4 heteroatoms. The van der Waals surface area contributed by atoms with Gasteiger partial charge in [0.25, 0.3) is 0 Å². The molecule has 0 aliphatic carbocycles. The summed E-state index contributed by atoms with van der Waals surface area (Å²) in [6.07, 6.45) is -1.14. The maximum atomic E-state index is 12.7. The highest BCUT2D eigenvalue weighted by Gasteiger charge is 2.17. The topological polar surface area (TPSA) is 46.5 Å². The lowest BCUT2D eigenvalue weighted by molar-refractivity contribution is -0.154. The van der Waals surface area contributed by atoms with E-state index in [0.717, 1.165) is 5.56 Å². The van der Waals surface area contributed by atoms with Crippen LogP contribution < -0.4 is 0 Å². The first-order valence-electron chi connectivity index (χ1n) is 6.28. The lowest BCUT2D eigenvalue weighted by Gasteiger charge is -2.11. The molecule has 0 heterocycles. The monoisotopic (exact) mass is 274 g/mol. The predicted molar refractivity (Wildman–Crippen MR) is 72.3 cm³/mol. The molecule has 0 aliphatic rings. The van der Waals surface area contributed by atoms with Gasteiger partial charge in [0.2, 0.25) is 0 Å².